The Balaban J connectivity index is 2.00. The minimum Gasteiger partial charge on any atom is -0.266 e. The van der Waals surface area contributed by atoms with Crippen molar-refractivity contribution in [2.24, 2.45) is 5.10 Å². The summed E-state index contributed by atoms with van der Waals surface area (Å²) in [6.45, 7) is 3.69. The van der Waals surface area contributed by atoms with Gasteiger partial charge in [-0.25, -0.2) is 10.4 Å². The van der Waals surface area contributed by atoms with Gasteiger partial charge in [-0.05, 0) is 31.5 Å². The van der Waals surface area contributed by atoms with Crippen LogP contribution >= 0.6 is 27.3 Å². The first-order chi connectivity index (χ1) is 9.06. The van der Waals surface area contributed by atoms with Gasteiger partial charge >= 0.3 is 0 Å². The Morgan fingerprint density at radius 1 is 1.37 bits per heavy atom. The molecule has 0 bridgehead atoms. The monoisotopic (exact) mass is 337 g/mol. The van der Waals surface area contributed by atoms with E-state index in [0.29, 0.717) is 4.88 Å². The second-order valence-electron chi connectivity index (χ2n) is 3.90. The molecular formula is C13H12BrN3OS. The molecule has 98 valence electrons. The van der Waals surface area contributed by atoms with Gasteiger partial charge in [-0.15, -0.1) is 11.3 Å². The number of halogens is 1. The Morgan fingerprint density at radius 3 is 2.63 bits per heavy atom. The zero-order chi connectivity index (χ0) is 13.8. The molecule has 1 heterocycles. The molecule has 0 fully saturated rings. The van der Waals surface area contributed by atoms with Crippen molar-refractivity contribution in [1.82, 2.24) is 10.4 Å². The number of nitrogens with zero attached hydrogens (tertiary/aromatic N) is 2. The lowest BCUT2D eigenvalue weighted by atomic mass is 10.2. The molecule has 1 aromatic heterocycles. The van der Waals surface area contributed by atoms with Gasteiger partial charge in [0.25, 0.3) is 5.91 Å². The summed E-state index contributed by atoms with van der Waals surface area (Å²) in [4.78, 5) is 16.7. The van der Waals surface area contributed by atoms with Crippen molar-refractivity contribution >= 4 is 39.4 Å². The standard InChI is InChI=1S/C13H12BrN3OS/c1-8-12(19-9(2)16-8)13(18)17-15-7-10-3-5-11(14)6-4-10/h3-7H,1-2H3,(H,17,18)/b15-7-. The fraction of sp³-hybridized carbons (Fsp3) is 0.154. The maximum absolute atomic E-state index is 11.9. The van der Waals surface area contributed by atoms with Crippen molar-refractivity contribution in [3.63, 3.8) is 0 Å². The van der Waals surface area contributed by atoms with Gasteiger partial charge in [0.2, 0.25) is 0 Å². The minimum absolute atomic E-state index is 0.225. The van der Waals surface area contributed by atoms with Crippen LogP contribution in [-0.4, -0.2) is 17.1 Å². The summed E-state index contributed by atoms with van der Waals surface area (Å²) in [5, 5.41) is 4.81. The second kappa shape index (κ2) is 6.08. The highest BCUT2D eigenvalue weighted by Crippen LogP contribution is 2.16. The highest BCUT2D eigenvalue weighted by Gasteiger charge is 2.12. The third-order valence-electron chi connectivity index (χ3n) is 2.36. The topological polar surface area (TPSA) is 54.4 Å². The van der Waals surface area contributed by atoms with Gasteiger partial charge in [-0.1, -0.05) is 28.1 Å². The summed E-state index contributed by atoms with van der Waals surface area (Å²) in [7, 11) is 0. The van der Waals surface area contributed by atoms with E-state index in [4.69, 9.17) is 0 Å². The molecule has 19 heavy (non-hydrogen) atoms. The Bertz CT molecular complexity index is 619. The normalized spacial score (nSPS) is 10.9. The molecule has 0 aliphatic heterocycles. The number of carbonyl (C=O) groups is 1. The lowest BCUT2D eigenvalue weighted by Gasteiger charge is -1.97. The van der Waals surface area contributed by atoms with Gasteiger partial charge in [0.05, 0.1) is 16.9 Å². The molecule has 0 aliphatic carbocycles. The summed E-state index contributed by atoms with van der Waals surface area (Å²) in [6, 6.07) is 7.64. The molecule has 0 saturated heterocycles. The largest absolute Gasteiger partial charge is 0.283 e. The first-order valence-corrected chi connectivity index (χ1v) is 7.20. The van der Waals surface area contributed by atoms with E-state index < -0.39 is 0 Å². The van der Waals surface area contributed by atoms with Crippen molar-refractivity contribution in [3.05, 3.63) is 49.9 Å². The van der Waals surface area contributed by atoms with Crippen molar-refractivity contribution in [3.8, 4) is 0 Å². The first kappa shape index (κ1) is 13.9. The van der Waals surface area contributed by atoms with E-state index in [1.807, 2.05) is 38.1 Å². The molecule has 2 rings (SSSR count). The molecule has 0 unspecified atom stereocenters. The van der Waals surface area contributed by atoms with Crippen LogP contribution in [0.2, 0.25) is 0 Å². The Labute approximate surface area is 123 Å². The zero-order valence-electron chi connectivity index (χ0n) is 10.5. The smallest absolute Gasteiger partial charge is 0.266 e. The minimum atomic E-state index is -0.225. The SMILES string of the molecule is Cc1nc(C)c(C(=O)N/N=C\c2ccc(Br)cc2)s1. The molecular weight excluding hydrogens is 326 g/mol. The van der Waals surface area contributed by atoms with Gasteiger partial charge in [-0.3, -0.25) is 4.79 Å². The molecule has 0 radical (unpaired) electrons. The number of aromatic nitrogens is 1. The maximum Gasteiger partial charge on any atom is 0.283 e. The van der Waals surface area contributed by atoms with E-state index in [1.165, 1.54) is 11.3 Å². The second-order valence-corrected chi connectivity index (χ2v) is 6.02. The van der Waals surface area contributed by atoms with E-state index in [9.17, 15) is 4.79 Å². The number of nitrogens with one attached hydrogen (secondary N) is 1. The average molecular weight is 338 g/mol. The number of thiazole rings is 1. The Kier molecular flexibility index (Phi) is 4.44. The molecule has 0 saturated carbocycles. The quantitative estimate of drug-likeness (QED) is 0.690. The van der Waals surface area contributed by atoms with Crippen LogP contribution in [0, 0.1) is 13.8 Å². The van der Waals surface area contributed by atoms with E-state index in [0.717, 1.165) is 20.7 Å². The van der Waals surface area contributed by atoms with Gasteiger partial charge in [0.1, 0.15) is 4.88 Å². The van der Waals surface area contributed by atoms with E-state index in [-0.39, 0.29) is 5.91 Å². The number of rotatable bonds is 3. The molecule has 2 aromatic rings. The van der Waals surface area contributed by atoms with E-state index in [1.54, 1.807) is 6.21 Å². The third-order valence-corrected chi connectivity index (χ3v) is 3.96. The van der Waals surface area contributed by atoms with Crippen LogP contribution in [0.3, 0.4) is 0 Å². The summed E-state index contributed by atoms with van der Waals surface area (Å²) < 4.78 is 1.00. The van der Waals surface area contributed by atoms with Crippen molar-refractivity contribution in [1.29, 1.82) is 0 Å². The summed E-state index contributed by atoms with van der Waals surface area (Å²) >= 11 is 4.73. The van der Waals surface area contributed by atoms with Gasteiger partial charge in [0.15, 0.2) is 0 Å². The van der Waals surface area contributed by atoms with Crippen LogP contribution in [-0.2, 0) is 0 Å². The molecule has 6 heteroatoms. The van der Waals surface area contributed by atoms with Crippen molar-refractivity contribution in [2.45, 2.75) is 13.8 Å². The molecule has 1 amide bonds. The van der Waals surface area contributed by atoms with Crippen LogP contribution in [0.4, 0.5) is 0 Å². The van der Waals surface area contributed by atoms with Crippen LogP contribution in [0.25, 0.3) is 0 Å². The van der Waals surface area contributed by atoms with Gasteiger partial charge in [0, 0.05) is 4.47 Å². The average Bonchev–Trinajstić information content (AvgIpc) is 2.71. The molecule has 0 atom stereocenters. The number of benzene rings is 1. The summed E-state index contributed by atoms with van der Waals surface area (Å²) in [5.74, 6) is -0.225. The van der Waals surface area contributed by atoms with Crippen LogP contribution < -0.4 is 5.43 Å². The lowest BCUT2D eigenvalue weighted by molar-refractivity contribution is 0.0958. The van der Waals surface area contributed by atoms with E-state index in [2.05, 4.69) is 31.4 Å². The van der Waals surface area contributed by atoms with Crippen molar-refractivity contribution < 1.29 is 4.79 Å². The third kappa shape index (κ3) is 3.71. The first-order valence-electron chi connectivity index (χ1n) is 5.59. The van der Waals surface area contributed by atoms with Crippen LogP contribution in [0.5, 0.6) is 0 Å². The molecule has 1 aromatic carbocycles. The number of hydrogen-bond acceptors (Lipinski definition) is 4. The highest BCUT2D eigenvalue weighted by atomic mass is 79.9. The molecule has 0 spiro atoms. The number of hydrazone groups is 1. The Hall–Kier alpha value is -1.53. The summed E-state index contributed by atoms with van der Waals surface area (Å²) in [6.07, 6.45) is 1.60. The van der Waals surface area contributed by atoms with E-state index >= 15 is 0 Å². The zero-order valence-corrected chi connectivity index (χ0v) is 12.9. The predicted octanol–water partition coefficient (Wildman–Crippen LogP) is 3.29. The fourth-order valence-corrected chi connectivity index (χ4v) is 2.58. The maximum atomic E-state index is 11.9. The number of carbonyl (C=O) groups excluding carboxylic acids is 1. The van der Waals surface area contributed by atoms with Crippen molar-refractivity contribution in [2.75, 3.05) is 0 Å². The Morgan fingerprint density at radius 2 is 2.05 bits per heavy atom. The molecule has 0 aliphatic rings. The number of amides is 1. The van der Waals surface area contributed by atoms with Crippen LogP contribution in [0.15, 0.2) is 33.8 Å². The molecule has 4 nitrogen and oxygen atoms in total. The fourth-order valence-electron chi connectivity index (χ4n) is 1.51. The lowest BCUT2D eigenvalue weighted by Crippen LogP contribution is -2.17. The number of aryl methyl sites for hydroxylation is 2. The number of hydrogen-bond donors (Lipinski definition) is 1. The molecule has 1 N–H and O–H groups in total. The van der Waals surface area contributed by atoms with Gasteiger partial charge in [-0.2, -0.15) is 5.10 Å². The van der Waals surface area contributed by atoms with Crippen LogP contribution in [0.1, 0.15) is 25.9 Å². The summed E-state index contributed by atoms with van der Waals surface area (Å²) in [5.41, 5.74) is 4.16. The van der Waals surface area contributed by atoms with Gasteiger partial charge < -0.3 is 0 Å². The predicted molar refractivity (Wildman–Crippen MR) is 80.8 cm³/mol. The highest BCUT2D eigenvalue weighted by molar-refractivity contribution is 9.10.